The average molecular weight is 273 g/mol. The normalized spacial score (nSPS) is 15.1. The molecule has 0 atom stereocenters. The van der Waals surface area contributed by atoms with E-state index in [0.29, 0.717) is 19.9 Å². The molecule has 1 aliphatic heterocycles. The summed E-state index contributed by atoms with van der Waals surface area (Å²) in [5.74, 6) is 0.983. The van der Waals surface area contributed by atoms with Gasteiger partial charge >= 0.3 is 0 Å². The van der Waals surface area contributed by atoms with E-state index in [2.05, 4.69) is 41.3 Å². The molecule has 2 aromatic rings. The molecule has 1 N–H and O–H groups in total. The van der Waals surface area contributed by atoms with E-state index in [1.165, 1.54) is 16.3 Å². The molecule has 3 rings (SSSR count). The van der Waals surface area contributed by atoms with E-state index in [4.69, 9.17) is 14.6 Å². The van der Waals surface area contributed by atoms with Crippen LogP contribution in [0.25, 0.3) is 10.8 Å². The van der Waals surface area contributed by atoms with Crippen molar-refractivity contribution in [3.05, 3.63) is 42.0 Å². The molecule has 0 spiro atoms. The molecule has 0 saturated carbocycles. The van der Waals surface area contributed by atoms with Gasteiger partial charge in [-0.3, -0.25) is 4.90 Å². The van der Waals surface area contributed by atoms with Gasteiger partial charge in [-0.05, 0) is 16.8 Å². The number of benzene rings is 2. The summed E-state index contributed by atoms with van der Waals surface area (Å²) >= 11 is 0. The molecule has 4 nitrogen and oxygen atoms in total. The molecule has 0 unspecified atom stereocenters. The molecule has 0 saturated heterocycles. The van der Waals surface area contributed by atoms with E-state index >= 15 is 0 Å². The van der Waals surface area contributed by atoms with Crippen molar-refractivity contribution in [2.45, 2.75) is 6.54 Å². The Kier molecular flexibility index (Phi) is 4.16. The third-order valence-electron chi connectivity index (χ3n) is 3.57. The monoisotopic (exact) mass is 273 g/mol. The van der Waals surface area contributed by atoms with Crippen molar-refractivity contribution in [2.24, 2.45) is 0 Å². The number of nitrogens with zero attached hydrogens (tertiary/aromatic N) is 1. The zero-order valence-corrected chi connectivity index (χ0v) is 11.4. The highest BCUT2D eigenvalue weighted by Crippen LogP contribution is 2.31. The lowest BCUT2D eigenvalue weighted by Gasteiger charge is -2.29. The maximum atomic E-state index is 8.69. The summed E-state index contributed by atoms with van der Waals surface area (Å²) in [5, 5.41) is 11.2. The maximum Gasteiger partial charge on any atom is 0.142 e. The number of rotatable bonds is 5. The second-order valence-corrected chi connectivity index (χ2v) is 4.93. The highest BCUT2D eigenvalue weighted by molar-refractivity contribution is 5.87. The van der Waals surface area contributed by atoms with Crippen molar-refractivity contribution in [3.8, 4) is 5.75 Å². The molecule has 0 aromatic heterocycles. The lowest BCUT2D eigenvalue weighted by atomic mass is 10.0. The van der Waals surface area contributed by atoms with Crippen molar-refractivity contribution in [1.29, 1.82) is 0 Å². The molecule has 4 heteroatoms. The Bertz CT molecular complexity index is 585. The molecule has 0 aliphatic carbocycles. The van der Waals surface area contributed by atoms with Gasteiger partial charge in [-0.15, -0.1) is 0 Å². The van der Waals surface area contributed by atoms with Crippen LogP contribution >= 0.6 is 0 Å². The average Bonchev–Trinajstić information content (AvgIpc) is 2.51. The highest BCUT2D eigenvalue weighted by Gasteiger charge is 2.18. The van der Waals surface area contributed by atoms with Crippen molar-refractivity contribution in [3.63, 3.8) is 0 Å². The summed E-state index contributed by atoms with van der Waals surface area (Å²) in [7, 11) is 0. The Morgan fingerprint density at radius 1 is 1.15 bits per heavy atom. The van der Waals surface area contributed by atoms with Crippen LogP contribution in [0, 0.1) is 0 Å². The Labute approximate surface area is 118 Å². The molecular formula is C16H19NO3. The van der Waals surface area contributed by atoms with Crippen LogP contribution in [-0.2, 0) is 11.3 Å². The number of hydrogen-bond acceptors (Lipinski definition) is 4. The van der Waals surface area contributed by atoms with Gasteiger partial charge in [-0.1, -0.05) is 30.3 Å². The van der Waals surface area contributed by atoms with Crippen LogP contribution in [0.4, 0.5) is 0 Å². The fourth-order valence-corrected chi connectivity index (χ4v) is 2.55. The zero-order valence-electron chi connectivity index (χ0n) is 11.4. The van der Waals surface area contributed by atoms with E-state index < -0.39 is 0 Å². The standard InChI is InChI=1S/C16H19NO3/c18-8-10-19-9-7-17-11-15-14-4-2-1-3-13(14)5-6-16(15)20-12-17/h1-6,18H,7-12H2. The van der Waals surface area contributed by atoms with Gasteiger partial charge in [0.15, 0.2) is 0 Å². The van der Waals surface area contributed by atoms with Gasteiger partial charge in [0.25, 0.3) is 0 Å². The van der Waals surface area contributed by atoms with Gasteiger partial charge in [0.05, 0.1) is 19.8 Å². The largest absolute Gasteiger partial charge is 0.478 e. The number of hydrogen-bond donors (Lipinski definition) is 1. The van der Waals surface area contributed by atoms with E-state index in [1.807, 2.05) is 0 Å². The van der Waals surface area contributed by atoms with Crippen LogP contribution in [0.2, 0.25) is 0 Å². The molecule has 0 bridgehead atoms. The van der Waals surface area contributed by atoms with E-state index in [-0.39, 0.29) is 6.61 Å². The minimum absolute atomic E-state index is 0.0734. The van der Waals surface area contributed by atoms with Crippen molar-refractivity contribution in [1.82, 2.24) is 4.90 Å². The fourth-order valence-electron chi connectivity index (χ4n) is 2.55. The van der Waals surface area contributed by atoms with Gasteiger partial charge in [0, 0.05) is 18.7 Å². The van der Waals surface area contributed by atoms with Crippen molar-refractivity contribution in [2.75, 3.05) is 33.1 Å². The summed E-state index contributed by atoms with van der Waals surface area (Å²) in [5.41, 5.74) is 1.25. The van der Waals surface area contributed by atoms with Crippen molar-refractivity contribution >= 4 is 10.8 Å². The highest BCUT2D eigenvalue weighted by atomic mass is 16.5. The third kappa shape index (κ3) is 2.77. The Hall–Kier alpha value is -1.62. The van der Waals surface area contributed by atoms with Crippen LogP contribution in [0.3, 0.4) is 0 Å². The zero-order chi connectivity index (χ0) is 13.8. The molecule has 0 amide bonds. The summed E-state index contributed by atoms with van der Waals surface area (Å²) < 4.78 is 11.1. The Balaban J connectivity index is 1.74. The molecule has 0 radical (unpaired) electrons. The van der Waals surface area contributed by atoms with Crippen LogP contribution in [0.1, 0.15) is 5.56 Å². The second-order valence-electron chi connectivity index (χ2n) is 4.93. The van der Waals surface area contributed by atoms with Crippen molar-refractivity contribution < 1.29 is 14.6 Å². The van der Waals surface area contributed by atoms with Gasteiger partial charge in [-0.2, -0.15) is 0 Å². The molecule has 0 fully saturated rings. The summed E-state index contributed by atoms with van der Waals surface area (Å²) in [6.45, 7) is 3.36. The molecular weight excluding hydrogens is 254 g/mol. The number of fused-ring (bicyclic) bond motifs is 3. The SMILES string of the molecule is OCCOCCN1COc2ccc3ccccc3c2C1. The number of ether oxygens (including phenoxy) is 2. The van der Waals surface area contributed by atoms with Gasteiger partial charge in [0.1, 0.15) is 12.5 Å². The first kappa shape index (κ1) is 13.4. The first-order valence-corrected chi connectivity index (χ1v) is 6.93. The smallest absolute Gasteiger partial charge is 0.142 e. The van der Waals surface area contributed by atoms with E-state index in [9.17, 15) is 0 Å². The van der Waals surface area contributed by atoms with Gasteiger partial charge < -0.3 is 14.6 Å². The first-order chi connectivity index (χ1) is 9.88. The van der Waals surface area contributed by atoms with Crippen LogP contribution in [0.15, 0.2) is 36.4 Å². The molecule has 106 valence electrons. The minimum Gasteiger partial charge on any atom is -0.478 e. The minimum atomic E-state index is 0.0734. The van der Waals surface area contributed by atoms with E-state index in [1.54, 1.807) is 0 Å². The van der Waals surface area contributed by atoms with Crippen LogP contribution in [0.5, 0.6) is 5.75 Å². The quantitative estimate of drug-likeness (QED) is 0.846. The summed E-state index contributed by atoms with van der Waals surface area (Å²) in [6.07, 6.45) is 0. The van der Waals surface area contributed by atoms with Gasteiger partial charge in [-0.25, -0.2) is 0 Å². The maximum absolute atomic E-state index is 8.69. The van der Waals surface area contributed by atoms with Crippen LogP contribution < -0.4 is 4.74 Å². The van der Waals surface area contributed by atoms with E-state index in [0.717, 1.165) is 18.8 Å². The lowest BCUT2D eigenvalue weighted by molar-refractivity contribution is 0.0394. The molecule has 20 heavy (non-hydrogen) atoms. The van der Waals surface area contributed by atoms with Gasteiger partial charge in [0.2, 0.25) is 0 Å². The number of aliphatic hydroxyl groups excluding tert-OH is 1. The Morgan fingerprint density at radius 2 is 2.05 bits per heavy atom. The molecule has 1 heterocycles. The number of aliphatic hydroxyl groups is 1. The molecule has 2 aromatic carbocycles. The fraction of sp³-hybridized carbons (Fsp3) is 0.375. The summed E-state index contributed by atoms with van der Waals surface area (Å²) in [6, 6.07) is 12.5. The summed E-state index contributed by atoms with van der Waals surface area (Å²) in [4.78, 5) is 2.21. The lowest BCUT2D eigenvalue weighted by Crippen LogP contribution is -2.34. The first-order valence-electron chi connectivity index (χ1n) is 6.93. The predicted molar refractivity (Wildman–Crippen MR) is 77.8 cm³/mol. The molecule has 1 aliphatic rings. The Morgan fingerprint density at radius 3 is 2.95 bits per heavy atom. The third-order valence-corrected chi connectivity index (χ3v) is 3.57. The second kappa shape index (κ2) is 6.22. The van der Waals surface area contributed by atoms with Crippen LogP contribution in [-0.4, -0.2) is 43.1 Å². The predicted octanol–water partition coefficient (Wildman–Crippen LogP) is 2.00. The topological polar surface area (TPSA) is 41.9 Å².